The number of ether oxygens (including phenoxy) is 3. The smallest absolute Gasteiger partial charge is 0.323 e. The van der Waals surface area contributed by atoms with Crippen molar-refractivity contribution < 1.29 is 23.8 Å². The van der Waals surface area contributed by atoms with E-state index < -0.39 is 23.3 Å². The van der Waals surface area contributed by atoms with Gasteiger partial charge < -0.3 is 14.2 Å². The van der Waals surface area contributed by atoms with Crippen LogP contribution in [0.15, 0.2) is 60.7 Å². The van der Waals surface area contributed by atoms with E-state index in [1.165, 1.54) is 0 Å². The van der Waals surface area contributed by atoms with Crippen LogP contribution < -0.4 is 4.74 Å². The van der Waals surface area contributed by atoms with Gasteiger partial charge in [-0.25, -0.2) is 0 Å². The van der Waals surface area contributed by atoms with Gasteiger partial charge in [0, 0.05) is 5.56 Å². The Morgan fingerprint density at radius 1 is 1.07 bits per heavy atom. The van der Waals surface area contributed by atoms with Gasteiger partial charge in [-0.05, 0) is 37.1 Å². The molecule has 146 valence electrons. The number of hydrogen-bond donors (Lipinski definition) is 0. The van der Waals surface area contributed by atoms with E-state index in [2.05, 4.69) is 0 Å². The highest BCUT2D eigenvalue weighted by Gasteiger charge is 2.53. The van der Waals surface area contributed by atoms with Crippen LogP contribution in [0.1, 0.15) is 31.4 Å². The second-order valence-corrected chi connectivity index (χ2v) is 6.57. The molecule has 2 aromatic rings. The lowest BCUT2D eigenvalue weighted by atomic mass is 9.66. The van der Waals surface area contributed by atoms with Gasteiger partial charge in [-0.3, -0.25) is 9.59 Å². The van der Waals surface area contributed by atoms with Gasteiger partial charge in [0.1, 0.15) is 16.9 Å². The van der Waals surface area contributed by atoms with Crippen LogP contribution in [0.3, 0.4) is 0 Å². The molecule has 0 radical (unpaired) electrons. The molecule has 0 aromatic heterocycles. The van der Waals surface area contributed by atoms with E-state index in [0.29, 0.717) is 23.5 Å². The predicted molar refractivity (Wildman–Crippen MR) is 106 cm³/mol. The van der Waals surface area contributed by atoms with Crippen molar-refractivity contribution in [2.45, 2.75) is 25.7 Å². The zero-order valence-electron chi connectivity index (χ0n) is 16.3. The molecule has 0 amide bonds. The minimum atomic E-state index is -1.16. The predicted octanol–water partition coefficient (Wildman–Crippen LogP) is 4.12. The van der Waals surface area contributed by atoms with Crippen molar-refractivity contribution in [2.24, 2.45) is 5.92 Å². The average molecular weight is 380 g/mol. The summed E-state index contributed by atoms with van der Waals surface area (Å²) in [7, 11) is 1.58. The summed E-state index contributed by atoms with van der Waals surface area (Å²) in [5.41, 5.74) is 0.281. The second-order valence-electron chi connectivity index (χ2n) is 6.57. The van der Waals surface area contributed by atoms with Crippen LogP contribution in [0.4, 0.5) is 0 Å². The highest BCUT2D eigenvalue weighted by Crippen LogP contribution is 2.44. The first-order valence-electron chi connectivity index (χ1n) is 9.37. The van der Waals surface area contributed by atoms with Crippen molar-refractivity contribution in [1.82, 2.24) is 0 Å². The maximum Gasteiger partial charge on any atom is 0.323 e. The summed E-state index contributed by atoms with van der Waals surface area (Å²) in [6, 6.07) is 16.4. The lowest BCUT2D eigenvalue weighted by Crippen LogP contribution is -2.49. The Hall–Kier alpha value is -3.08. The fourth-order valence-corrected chi connectivity index (χ4v) is 3.66. The van der Waals surface area contributed by atoms with Crippen molar-refractivity contribution >= 4 is 17.7 Å². The number of carbonyl (C=O) groups excluding carboxylic acids is 2. The molecule has 2 atom stereocenters. The number of cyclic esters (lactones) is 1. The Morgan fingerprint density at radius 3 is 2.32 bits per heavy atom. The SMILES string of the molecule is CCOC(=O)[C@@H]1C=C(c2ccccc2)OC(=O)[C@@]1(CC)c1ccc(OC)cc1. The van der Waals surface area contributed by atoms with Crippen molar-refractivity contribution in [2.75, 3.05) is 13.7 Å². The fourth-order valence-electron chi connectivity index (χ4n) is 3.66. The third kappa shape index (κ3) is 3.40. The molecule has 3 rings (SSSR count). The summed E-state index contributed by atoms with van der Waals surface area (Å²) in [5, 5.41) is 0. The summed E-state index contributed by atoms with van der Waals surface area (Å²) in [6.45, 7) is 3.86. The van der Waals surface area contributed by atoms with Gasteiger partial charge in [0.15, 0.2) is 0 Å². The quantitative estimate of drug-likeness (QED) is 0.706. The molecule has 2 aromatic carbocycles. The topological polar surface area (TPSA) is 61.8 Å². The van der Waals surface area contributed by atoms with E-state index in [4.69, 9.17) is 14.2 Å². The molecule has 1 aliphatic heterocycles. The van der Waals surface area contributed by atoms with E-state index >= 15 is 0 Å². The summed E-state index contributed by atoms with van der Waals surface area (Å²) < 4.78 is 16.3. The Kier molecular flexibility index (Phi) is 5.83. The van der Waals surface area contributed by atoms with Gasteiger partial charge in [0.25, 0.3) is 0 Å². The lowest BCUT2D eigenvalue weighted by Gasteiger charge is -2.39. The molecule has 0 saturated heterocycles. The molecule has 0 N–H and O–H groups in total. The van der Waals surface area contributed by atoms with Gasteiger partial charge in [0.05, 0.1) is 19.6 Å². The highest BCUT2D eigenvalue weighted by molar-refractivity contribution is 5.97. The molecule has 0 bridgehead atoms. The van der Waals surface area contributed by atoms with Crippen LogP contribution >= 0.6 is 0 Å². The molecular weight excluding hydrogens is 356 g/mol. The minimum absolute atomic E-state index is 0.237. The van der Waals surface area contributed by atoms with Crippen LogP contribution in [0.25, 0.3) is 5.76 Å². The minimum Gasteiger partial charge on any atom is -0.497 e. The first-order chi connectivity index (χ1) is 13.6. The maximum absolute atomic E-state index is 13.3. The van der Waals surface area contributed by atoms with Gasteiger partial charge in [-0.1, -0.05) is 49.4 Å². The van der Waals surface area contributed by atoms with Crippen LogP contribution in [-0.4, -0.2) is 25.7 Å². The molecule has 0 saturated carbocycles. The first-order valence-corrected chi connectivity index (χ1v) is 9.37. The molecule has 0 aliphatic carbocycles. The van der Waals surface area contributed by atoms with Crippen LogP contribution in [0.5, 0.6) is 5.75 Å². The van der Waals surface area contributed by atoms with Gasteiger partial charge >= 0.3 is 11.9 Å². The molecule has 0 spiro atoms. The average Bonchev–Trinajstić information content (AvgIpc) is 2.74. The summed E-state index contributed by atoms with van der Waals surface area (Å²) >= 11 is 0. The number of methoxy groups -OCH3 is 1. The highest BCUT2D eigenvalue weighted by atomic mass is 16.5. The van der Waals surface area contributed by atoms with Crippen LogP contribution in [0.2, 0.25) is 0 Å². The summed E-state index contributed by atoms with van der Waals surface area (Å²) in [6.07, 6.45) is 2.10. The molecule has 1 aliphatic rings. The van der Waals surface area contributed by atoms with E-state index in [-0.39, 0.29) is 6.61 Å². The first kappa shape index (κ1) is 19.7. The molecule has 0 fully saturated rings. The molecule has 5 heteroatoms. The van der Waals surface area contributed by atoms with Crippen molar-refractivity contribution in [3.63, 3.8) is 0 Å². The standard InChI is InChI=1S/C23H24O5/c1-4-23(17-11-13-18(26-3)14-12-17)19(21(24)27-5-2)15-20(28-22(23)25)16-9-7-6-8-10-16/h6-15,19H,4-5H2,1-3H3/t19-,23-/m0/s1. The Morgan fingerprint density at radius 2 is 1.75 bits per heavy atom. The number of carbonyl (C=O) groups is 2. The largest absolute Gasteiger partial charge is 0.497 e. The van der Waals surface area contributed by atoms with Crippen molar-refractivity contribution in [3.8, 4) is 5.75 Å². The lowest BCUT2D eigenvalue weighted by molar-refractivity contribution is -0.159. The Bertz CT molecular complexity index is 870. The van der Waals surface area contributed by atoms with E-state index in [9.17, 15) is 9.59 Å². The van der Waals surface area contributed by atoms with Crippen LogP contribution in [-0.2, 0) is 24.5 Å². The van der Waals surface area contributed by atoms with Gasteiger partial charge in [-0.15, -0.1) is 0 Å². The van der Waals surface area contributed by atoms with Gasteiger partial charge in [-0.2, -0.15) is 0 Å². The molecule has 5 nitrogen and oxygen atoms in total. The molecular formula is C23H24O5. The fraction of sp³-hybridized carbons (Fsp3) is 0.304. The molecule has 28 heavy (non-hydrogen) atoms. The van der Waals surface area contributed by atoms with Gasteiger partial charge in [0.2, 0.25) is 0 Å². The second kappa shape index (κ2) is 8.30. The van der Waals surface area contributed by atoms with E-state index in [1.54, 1.807) is 44.4 Å². The summed E-state index contributed by atoms with van der Waals surface area (Å²) in [4.78, 5) is 26.2. The zero-order chi connectivity index (χ0) is 20.1. The zero-order valence-corrected chi connectivity index (χ0v) is 16.3. The number of benzene rings is 2. The normalized spacial score (nSPS) is 21.5. The third-order valence-electron chi connectivity index (χ3n) is 5.18. The maximum atomic E-state index is 13.3. The van der Waals surface area contributed by atoms with Crippen LogP contribution in [0, 0.1) is 5.92 Å². The van der Waals surface area contributed by atoms with E-state index in [0.717, 1.165) is 5.56 Å². The number of hydrogen-bond acceptors (Lipinski definition) is 5. The Balaban J connectivity index is 2.14. The van der Waals surface area contributed by atoms with Crippen molar-refractivity contribution in [3.05, 3.63) is 71.8 Å². The van der Waals surface area contributed by atoms with E-state index in [1.807, 2.05) is 37.3 Å². The van der Waals surface area contributed by atoms with Crippen molar-refractivity contribution in [1.29, 1.82) is 0 Å². The number of rotatable bonds is 6. The monoisotopic (exact) mass is 380 g/mol. The number of esters is 2. The molecule has 1 heterocycles. The third-order valence-corrected chi connectivity index (χ3v) is 5.18. The summed E-state index contributed by atoms with van der Waals surface area (Å²) in [5.74, 6) is -0.638. The molecule has 0 unspecified atom stereocenters. The Labute approximate surface area is 164 Å².